The highest BCUT2D eigenvalue weighted by Gasteiger charge is 2.21. The first-order valence-electron chi connectivity index (χ1n) is 7.60. The molecule has 0 radical (unpaired) electrons. The van der Waals surface area contributed by atoms with E-state index in [1.165, 1.54) is 11.3 Å². The number of thiazole rings is 1. The molecule has 3 rings (SSSR count). The van der Waals surface area contributed by atoms with Crippen molar-refractivity contribution in [3.63, 3.8) is 0 Å². The lowest BCUT2D eigenvalue weighted by Gasteiger charge is -2.24. The highest BCUT2D eigenvalue weighted by Crippen LogP contribution is 2.27. The van der Waals surface area contributed by atoms with Crippen molar-refractivity contribution < 1.29 is 4.79 Å². The van der Waals surface area contributed by atoms with Crippen LogP contribution >= 0.6 is 22.9 Å². The number of carbonyl (C=O) groups excluding carboxylic acids is 1. The van der Waals surface area contributed by atoms with E-state index >= 15 is 0 Å². The molecule has 0 spiro atoms. The Bertz CT molecular complexity index is 830. The third-order valence-corrected chi connectivity index (χ3v) is 5.14. The van der Waals surface area contributed by atoms with Crippen molar-refractivity contribution in [2.75, 3.05) is 7.05 Å². The monoisotopic (exact) mass is 356 g/mol. The van der Waals surface area contributed by atoms with E-state index in [2.05, 4.69) is 4.98 Å². The van der Waals surface area contributed by atoms with Gasteiger partial charge in [-0.25, -0.2) is 4.98 Å². The first-order chi connectivity index (χ1) is 11.6. The molecular weight excluding hydrogens is 340 g/mol. The van der Waals surface area contributed by atoms with E-state index in [1.807, 2.05) is 61.5 Å². The highest BCUT2D eigenvalue weighted by atomic mass is 35.5. The zero-order valence-corrected chi connectivity index (χ0v) is 15.0. The number of amides is 1. The molecule has 1 aromatic heterocycles. The van der Waals surface area contributed by atoms with Gasteiger partial charge >= 0.3 is 0 Å². The van der Waals surface area contributed by atoms with Crippen LogP contribution in [0.2, 0.25) is 5.02 Å². The molecule has 5 heteroatoms. The minimum atomic E-state index is -0.0807. The normalized spacial score (nSPS) is 12.0. The molecule has 0 unspecified atom stereocenters. The Morgan fingerprint density at radius 2 is 1.79 bits per heavy atom. The van der Waals surface area contributed by atoms with Crippen LogP contribution in [0.3, 0.4) is 0 Å². The van der Waals surface area contributed by atoms with E-state index in [-0.39, 0.29) is 11.9 Å². The van der Waals surface area contributed by atoms with Crippen molar-refractivity contribution in [2.45, 2.75) is 13.0 Å². The molecule has 0 aliphatic carbocycles. The van der Waals surface area contributed by atoms with Gasteiger partial charge in [0.25, 0.3) is 5.91 Å². The average Bonchev–Trinajstić information content (AvgIpc) is 3.11. The summed E-state index contributed by atoms with van der Waals surface area (Å²) in [6.07, 6.45) is 0. The van der Waals surface area contributed by atoms with Crippen LogP contribution in [-0.4, -0.2) is 22.8 Å². The number of halogens is 1. The number of rotatable bonds is 4. The number of aromatic nitrogens is 1. The molecule has 3 aromatic rings. The molecule has 0 N–H and O–H groups in total. The van der Waals surface area contributed by atoms with Crippen LogP contribution in [0.25, 0.3) is 10.6 Å². The van der Waals surface area contributed by atoms with Gasteiger partial charge in [-0.3, -0.25) is 4.79 Å². The topological polar surface area (TPSA) is 33.2 Å². The molecule has 0 saturated carbocycles. The first-order valence-corrected chi connectivity index (χ1v) is 8.85. The van der Waals surface area contributed by atoms with E-state index in [0.717, 1.165) is 16.1 Å². The van der Waals surface area contributed by atoms with Gasteiger partial charge in [0.05, 0.1) is 6.04 Å². The van der Waals surface area contributed by atoms with E-state index in [4.69, 9.17) is 11.6 Å². The van der Waals surface area contributed by atoms with Crippen molar-refractivity contribution >= 4 is 28.8 Å². The van der Waals surface area contributed by atoms with E-state index in [9.17, 15) is 4.79 Å². The van der Waals surface area contributed by atoms with Crippen molar-refractivity contribution in [1.29, 1.82) is 0 Å². The molecule has 0 saturated heterocycles. The fourth-order valence-electron chi connectivity index (χ4n) is 2.41. The third-order valence-electron chi connectivity index (χ3n) is 4.00. The fraction of sp³-hybridized carbons (Fsp3) is 0.158. The lowest BCUT2D eigenvalue weighted by atomic mass is 10.1. The summed E-state index contributed by atoms with van der Waals surface area (Å²) in [7, 11) is 1.81. The van der Waals surface area contributed by atoms with Crippen molar-refractivity contribution in [2.24, 2.45) is 0 Å². The van der Waals surface area contributed by atoms with Gasteiger partial charge in [-0.05, 0) is 24.6 Å². The molecule has 24 heavy (non-hydrogen) atoms. The number of carbonyl (C=O) groups is 1. The summed E-state index contributed by atoms with van der Waals surface area (Å²) in [6.45, 7) is 2.01. The summed E-state index contributed by atoms with van der Waals surface area (Å²) in [6, 6.07) is 17.4. The second-order valence-corrected chi connectivity index (χ2v) is 6.84. The summed E-state index contributed by atoms with van der Waals surface area (Å²) in [5.41, 5.74) is 2.53. The van der Waals surface area contributed by atoms with Gasteiger partial charge in [-0.2, -0.15) is 0 Å². The average molecular weight is 357 g/mol. The molecule has 3 nitrogen and oxygen atoms in total. The standard InChI is InChI=1S/C19H17ClN2OS/c1-13(14-6-4-3-5-7-14)22(2)19(23)17-12-24-18(21-17)15-8-10-16(20)11-9-15/h3-13H,1-2H3/t13-/m0/s1. The number of nitrogens with zero attached hydrogens (tertiary/aromatic N) is 2. The summed E-state index contributed by atoms with van der Waals surface area (Å²) < 4.78 is 0. The van der Waals surface area contributed by atoms with Gasteiger partial charge < -0.3 is 4.90 Å². The second-order valence-electron chi connectivity index (χ2n) is 5.55. The Hall–Kier alpha value is -2.17. The van der Waals surface area contributed by atoms with E-state index < -0.39 is 0 Å². The second kappa shape index (κ2) is 7.16. The summed E-state index contributed by atoms with van der Waals surface area (Å²) in [5.74, 6) is -0.0807. The van der Waals surface area contributed by atoms with Crippen LogP contribution in [-0.2, 0) is 0 Å². The summed E-state index contributed by atoms with van der Waals surface area (Å²) >= 11 is 7.37. The molecule has 1 atom stereocenters. The van der Waals surface area contributed by atoms with Crippen LogP contribution in [0.1, 0.15) is 29.0 Å². The summed E-state index contributed by atoms with van der Waals surface area (Å²) in [5, 5.41) is 3.30. The number of benzene rings is 2. The molecule has 0 aliphatic heterocycles. The van der Waals surface area contributed by atoms with Crippen LogP contribution in [0.5, 0.6) is 0 Å². The number of hydrogen-bond acceptors (Lipinski definition) is 3. The highest BCUT2D eigenvalue weighted by molar-refractivity contribution is 7.13. The Balaban J connectivity index is 1.79. The van der Waals surface area contributed by atoms with Crippen molar-refractivity contribution in [1.82, 2.24) is 9.88 Å². The van der Waals surface area contributed by atoms with Crippen LogP contribution in [0.4, 0.5) is 0 Å². The first kappa shape index (κ1) is 16.7. The lowest BCUT2D eigenvalue weighted by Crippen LogP contribution is -2.29. The Kier molecular flexibility index (Phi) is 4.97. The van der Waals surface area contributed by atoms with E-state index in [0.29, 0.717) is 10.7 Å². The molecule has 1 heterocycles. The molecule has 2 aromatic carbocycles. The number of hydrogen-bond donors (Lipinski definition) is 0. The lowest BCUT2D eigenvalue weighted by molar-refractivity contribution is 0.0737. The minimum absolute atomic E-state index is 0.0145. The molecule has 1 amide bonds. The predicted octanol–water partition coefficient (Wildman–Crippen LogP) is 5.30. The Morgan fingerprint density at radius 1 is 1.12 bits per heavy atom. The third kappa shape index (κ3) is 3.50. The van der Waals surface area contributed by atoms with Gasteiger partial charge in [-0.15, -0.1) is 11.3 Å². The van der Waals surface area contributed by atoms with Gasteiger partial charge in [0.2, 0.25) is 0 Å². The van der Waals surface area contributed by atoms with Gasteiger partial charge in [-0.1, -0.05) is 54.1 Å². The molecule has 0 fully saturated rings. The SMILES string of the molecule is C[C@@H](c1ccccc1)N(C)C(=O)c1csc(-c2ccc(Cl)cc2)n1. The summed E-state index contributed by atoms with van der Waals surface area (Å²) in [4.78, 5) is 18.9. The zero-order valence-electron chi connectivity index (χ0n) is 13.4. The molecular formula is C19H17ClN2OS. The minimum Gasteiger partial charge on any atom is -0.334 e. The van der Waals surface area contributed by atoms with Crippen LogP contribution < -0.4 is 0 Å². The largest absolute Gasteiger partial charge is 0.334 e. The van der Waals surface area contributed by atoms with E-state index in [1.54, 1.807) is 17.3 Å². The predicted molar refractivity (Wildman–Crippen MR) is 99.5 cm³/mol. The smallest absolute Gasteiger partial charge is 0.273 e. The Morgan fingerprint density at radius 3 is 2.46 bits per heavy atom. The maximum Gasteiger partial charge on any atom is 0.273 e. The Labute approximate surface area is 150 Å². The molecule has 0 bridgehead atoms. The van der Waals surface area contributed by atoms with Crippen molar-refractivity contribution in [3.05, 3.63) is 76.3 Å². The molecule has 0 aliphatic rings. The maximum atomic E-state index is 12.7. The van der Waals surface area contributed by atoms with Crippen LogP contribution in [0.15, 0.2) is 60.0 Å². The van der Waals surface area contributed by atoms with Gasteiger partial charge in [0.15, 0.2) is 0 Å². The van der Waals surface area contributed by atoms with Crippen molar-refractivity contribution in [3.8, 4) is 10.6 Å². The van der Waals surface area contributed by atoms with Crippen LogP contribution in [0, 0.1) is 0 Å². The van der Waals surface area contributed by atoms with Gasteiger partial charge in [0.1, 0.15) is 10.7 Å². The maximum absolute atomic E-state index is 12.7. The van der Waals surface area contributed by atoms with Gasteiger partial charge in [0, 0.05) is 23.0 Å². The fourth-order valence-corrected chi connectivity index (χ4v) is 3.33. The molecule has 122 valence electrons. The quantitative estimate of drug-likeness (QED) is 0.635. The zero-order chi connectivity index (χ0) is 17.1.